The predicted octanol–water partition coefficient (Wildman–Crippen LogP) is 3.74. The molecule has 24 heavy (non-hydrogen) atoms. The number of hydrogen-bond donors (Lipinski definition) is 0. The highest BCUT2D eigenvalue weighted by molar-refractivity contribution is 9.10. The van der Waals surface area contributed by atoms with Gasteiger partial charge in [0.1, 0.15) is 5.69 Å². The van der Waals surface area contributed by atoms with Crippen LogP contribution in [0.1, 0.15) is 45.1 Å². The van der Waals surface area contributed by atoms with Gasteiger partial charge in [0.05, 0.1) is 18.2 Å². The van der Waals surface area contributed by atoms with Gasteiger partial charge in [-0.05, 0) is 38.1 Å². The molecule has 122 valence electrons. The molecule has 0 aliphatic heterocycles. The van der Waals surface area contributed by atoms with Crippen LogP contribution in [0.2, 0.25) is 0 Å². The van der Waals surface area contributed by atoms with Crippen LogP contribution < -0.4 is 0 Å². The fraction of sp³-hybridized carbons (Fsp3) is 0.167. The Labute approximate surface area is 147 Å². The topological polar surface area (TPSA) is 65.4 Å². The summed E-state index contributed by atoms with van der Waals surface area (Å²) in [5.74, 6) is -1.23. The Morgan fingerprint density at radius 3 is 2.21 bits per heavy atom. The molecular formula is C18H14BrNO4. The number of rotatable bonds is 2. The van der Waals surface area contributed by atoms with Crippen LogP contribution in [-0.2, 0) is 4.74 Å². The first-order valence-corrected chi connectivity index (χ1v) is 8.02. The fourth-order valence-corrected chi connectivity index (χ4v) is 3.00. The Bertz CT molecular complexity index is 919. The number of esters is 1. The zero-order valence-electron chi connectivity index (χ0n) is 13.3. The van der Waals surface area contributed by atoms with Crippen LogP contribution in [0.3, 0.4) is 0 Å². The van der Waals surface area contributed by atoms with Crippen LogP contribution in [-0.4, -0.2) is 29.2 Å². The quantitative estimate of drug-likeness (QED) is 0.736. The van der Waals surface area contributed by atoms with Gasteiger partial charge in [-0.1, -0.05) is 15.9 Å². The molecule has 1 aliphatic rings. The monoisotopic (exact) mass is 387 g/mol. The molecule has 1 heterocycles. The molecule has 0 spiro atoms. The van der Waals surface area contributed by atoms with Crippen LogP contribution in [0.25, 0.3) is 5.69 Å². The van der Waals surface area contributed by atoms with Gasteiger partial charge in [0.2, 0.25) is 5.78 Å². The number of hydrogen-bond acceptors (Lipinski definition) is 4. The van der Waals surface area contributed by atoms with Crippen molar-refractivity contribution in [1.29, 1.82) is 0 Å². The molecule has 1 aliphatic carbocycles. The minimum atomic E-state index is -0.643. The Balaban J connectivity index is 2.33. The number of Topliss-reactive ketones (excluding diaryl/α,β-unsaturated/α-hetero) is 2. The maximum absolute atomic E-state index is 12.8. The molecule has 3 rings (SSSR count). The number of carbonyl (C=O) groups is 3. The van der Waals surface area contributed by atoms with Crippen molar-refractivity contribution in [2.24, 2.45) is 0 Å². The van der Waals surface area contributed by atoms with Gasteiger partial charge < -0.3 is 9.30 Å². The SMILES string of the molecule is COC(=O)c1cn(-c2ccc(Br)cc2)c2c1C(=O)C(C)=C(C)C2=O. The highest BCUT2D eigenvalue weighted by atomic mass is 79.9. The highest BCUT2D eigenvalue weighted by Gasteiger charge is 2.36. The first-order chi connectivity index (χ1) is 11.4. The minimum absolute atomic E-state index is 0.0978. The van der Waals surface area contributed by atoms with Crippen molar-refractivity contribution in [2.75, 3.05) is 7.11 Å². The summed E-state index contributed by atoms with van der Waals surface area (Å²) in [6, 6.07) is 7.23. The number of fused-ring (bicyclic) bond motifs is 1. The lowest BCUT2D eigenvalue weighted by Gasteiger charge is -2.17. The Morgan fingerprint density at radius 1 is 1.04 bits per heavy atom. The van der Waals surface area contributed by atoms with Crippen LogP contribution >= 0.6 is 15.9 Å². The summed E-state index contributed by atoms with van der Waals surface area (Å²) < 4.78 is 7.23. The number of aromatic nitrogens is 1. The van der Waals surface area contributed by atoms with Crippen molar-refractivity contribution in [3.05, 3.63) is 62.9 Å². The summed E-state index contributed by atoms with van der Waals surface area (Å²) in [6.07, 6.45) is 1.49. The summed E-state index contributed by atoms with van der Waals surface area (Å²) >= 11 is 3.36. The van der Waals surface area contributed by atoms with Crippen LogP contribution in [0.4, 0.5) is 0 Å². The fourth-order valence-electron chi connectivity index (χ4n) is 2.73. The molecule has 6 heteroatoms. The van der Waals surface area contributed by atoms with Crippen molar-refractivity contribution in [3.8, 4) is 5.69 Å². The van der Waals surface area contributed by atoms with E-state index in [1.165, 1.54) is 13.3 Å². The average Bonchev–Trinajstić information content (AvgIpc) is 2.98. The molecule has 0 N–H and O–H groups in total. The number of carbonyl (C=O) groups excluding carboxylic acids is 3. The maximum atomic E-state index is 12.8. The van der Waals surface area contributed by atoms with Crippen molar-refractivity contribution in [2.45, 2.75) is 13.8 Å². The third-order valence-electron chi connectivity index (χ3n) is 4.20. The molecule has 0 saturated heterocycles. The van der Waals surface area contributed by atoms with Gasteiger partial charge in [-0.15, -0.1) is 0 Å². The van der Waals surface area contributed by atoms with Gasteiger partial charge >= 0.3 is 5.97 Å². The molecule has 0 atom stereocenters. The normalized spacial score (nSPS) is 14.0. The number of methoxy groups -OCH3 is 1. The first kappa shape index (κ1) is 16.4. The smallest absolute Gasteiger partial charge is 0.340 e. The van der Waals surface area contributed by atoms with E-state index in [0.29, 0.717) is 16.8 Å². The lowest BCUT2D eigenvalue weighted by Crippen LogP contribution is -2.22. The number of nitrogens with zero attached hydrogens (tertiary/aromatic N) is 1. The Kier molecular flexibility index (Phi) is 4.01. The molecule has 2 aromatic rings. The van der Waals surface area contributed by atoms with E-state index >= 15 is 0 Å². The summed E-state index contributed by atoms with van der Waals surface area (Å²) in [7, 11) is 1.24. The number of halogens is 1. The zero-order valence-corrected chi connectivity index (χ0v) is 14.9. The lowest BCUT2D eigenvalue weighted by molar-refractivity contribution is 0.0597. The minimum Gasteiger partial charge on any atom is -0.465 e. The Morgan fingerprint density at radius 2 is 1.62 bits per heavy atom. The van der Waals surface area contributed by atoms with E-state index in [0.717, 1.165) is 4.47 Å². The van der Waals surface area contributed by atoms with Crippen molar-refractivity contribution in [3.63, 3.8) is 0 Å². The summed E-state index contributed by atoms with van der Waals surface area (Å²) in [6.45, 7) is 3.21. The number of ether oxygens (including phenoxy) is 1. The third-order valence-corrected chi connectivity index (χ3v) is 4.73. The van der Waals surface area contributed by atoms with Gasteiger partial charge in [-0.3, -0.25) is 9.59 Å². The molecule has 1 aromatic carbocycles. The lowest BCUT2D eigenvalue weighted by atomic mass is 9.88. The van der Waals surface area contributed by atoms with Gasteiger partial charge in [-0.2, -0.15) is 0 Å². The van der Waals surface area contributed by atoms with Crippen molar-refractivity contribution < 1.29 is 19.1 Å². The summed E-state index contributed by atoms with van der Waals surface area (Å²) in [4.78, 5) is 37.5. The van der Waals surface area contributed by atoms with E-state index in [-0.39, 0.29) is 28.4 Å². The van der Waals surface area contributed by atoms with Gasteiger partial charge in [0, 0.05) is 27.5 Å². The molecule has 0 unspecified atom stereocenters. The molecule has 0 amide bonds. The summed E-state index contributed by atoms with van der Waals surface area (Å²) in [5, 5.41) is 0. The predicted molar refractivity (Wildman–Crippen MR) is 91.8 cm³/mol. The van der Waals surface area contributed by atoms with E-state index in [4.69, 9.17) is 4.74 Å². The average molecular weight is 388 g/mol. The third kappa shape index (κ3) is 2.34. The van der Waals surface area contributed by atoms with E-state index in [9.17, 15) is 14.4 Å². The maximum Gasteiger partial charge on any atom is 0.340 e. The molecule has 0 bridgehead atoms. The molecule has 0 fully saturated rings. The van der Waals surface area contributed by atoms with E-state index in [1.54, 1.807) is 30.5 Å². The number of allylic oxidation sites excluding steroid dienone is 2. The van der Waals surface area contributed by atoms with Gasteiger partial charge in [-0.25, -0.2) is 4.79 Å². The van der Waals surface area contributed by atoms with Crippen LogP contribution in [0.5, 0.6) is 0 Å². The Hall–Kier alpha value is -2.47. The van der Waals surface area contributed by atoms with Crippen LogP contribution in [0, 0.1) is 0 Å². The number of ketones is 2. The second-order valence-electron chi connectivity index (χ2n) is 5.51. The first-order valence-electron chi connectivity index (χ1n) is 7.23. The van der Waals surface area contributed by atoms with Crippen LogP contribution in [0.15, 0.2) is 46.1 Å². The van der Waals surface area contributed by atoms with E-state index in [1.807, 2.05) is 12.1 Å². The van der Waals surface area contributed by atoms with E-state index in [2.05, 4.69) is 15.9 Å². The highest BCUT2D eigenvalue weighted by Crippen LogP contribution is 2.32. The second kappa shape index (κ2) is 5.87. The van der Waals surface area contributed by atoms with E-state index < -0.39 is 5.97 Å². The molecule has 0 saturated carbocycles. The molecular weight excluding hydrogens is 374 g/mol. The van der Waals surface area contributed by atoms with Gasteiger partial charge in [0.25, 0.3) is 0 Å². The summed E-state index contributed by atoms with van der Waals surface area (Å²) in [5.41, 5.74) is 1.83. The van der Waals surface area contributed by atoms with Crippen molar-refractivity contribution in [1.82, 2.24) is 4.57 Å². The molecule has 0 radical (unpaired) electrons. The molecule has 1 aromatic heterocycles. The van der Waals surface area contributed by atoms with Crippen molar-refractivity contribution >= 4 is 33.5 Å². The largest absolute Gasteiger partial charge is 0.465 e. The zero-order chi connectivity index (χ0) is 17.6. The van der Waals surface area contributed by atoms with Gasteiger partial charge in [0.15, 0.2) is 5.78 Å². The second-order valence-corrected chi connectivity index (χ2v) is 6.43. The number of benzene rings is 1. The molecule has 5 nitrogen and oxygen atoms in total. The standard InChI is InChI=1S/C18H14BrNO4/c1-9-10(2)17(22)15-14(16(9)21)13(18(23)24-3)8-20(15)12-6-4-11(19)5-7-12/h4-8H,1-3H3.